The number of nitrogens with zero attached hydrogens (tertiary/aromatic N) is 1. The second-order valence-corrected chi connectivity index (χ2v) is 8.66. The molecule has 1 heterocycles. The zero-order valence-corrected chi connectivity index (χ0v) is 19.1. The van der Waals surface area contributed by atoms with Crippen molar-refractivity contribution in [3.63, 3.8) is 0 Å². The van der Waals surface area contributed by atoms with E-state index in [4.69, 9.17) is 16.3 Å². The average Bonchev–Trinajstić information content (AvgIpc) is 3.08. The number of likely N-dealkylation sites (N-methyl/N-ethyl adjacent to an activating group) is 1. The lowest BCUT2D eigenvalue weighted by Gasteiger charge is -2.30. The van der Waals surface area contributed by atoms with Crippen molar-refractivity contribution in [3.8, 4) is 11.1 Å². The van der Waals surface area contributed by atoms with Crippen LogP contribution < -0.4 is 0 Å². The summed E-state index contributed by atoms with van der Waals surface area (Å²) in [5.41, 5.74) is 4.64. The number of carboxylic acids is 1. The third kappa shape index (κ3) is 4.41. The Bertz CT molecular complexity index is 876. The molecular weight excluding hydrogens is 398 g/mol. The van der Waals surface area contributed by atoms with Crippen LogP contribution in [-0.2, 0) is 15.1 Å². The summed E-state index contributed by atoms with van der Waals surface area (Å²) < 4.78 is 6.73. The topological polar surface area (TPSA) is 49.8 Å². The van der Waals surface area contributed by atoms with Crippen LogP contribution in [0.25, 0.3) is 11.1 Å². The van der Waals surface area contributed by atoms with Crippen LogP contribution in [0.1, 0.15) is 63.7 Å². The van der Waals surface area contributed by atoms with Gasteiger partial charge in [0.05, 0.1) is 11.7 Å². The summed E-state index contributed by atoms with van der Waals surface area (Å²) >= 11 is 6.11. The number of rotatable bonds is 9. The monoisotopic (exact) mass is 429 g/mol. The average molecular weight is 430 g/mol. The summed E-state index contributed by atoms with van der Waals surface area (Å²) in [6, 6.07) is 14.0. The Hall–Kier alpha value is -1.88. The molecule has 0 aliphatic carbocycles. The molecule has 1 aliphatic heterocycles. The minimum absolute atomic E-state index is 0.0284. The summed E-state index contributed by atoms with van der Waals surface area (Å²) in [7, 11) is 1.86. The van der Waals surface area contributed by atoms with Gasteiger partial charge in [0.15, 0.2) is 0 Å². The molecule has 0 saturated carbocycles. The van der Waals surface area contributed by atoms with Gasteiger partial charge in [0.1, 0.15) is 6.04 Å². The minimum Gasteiger partial charge on any atom is -0.480 e. The normalized spacial score (nSPS) is 18.4. The van der Waals surface area contributed by atoms with E-state index in [0.717, 1.165) is 42.8 Å². The van der Waals surface area contributed by atoms with Gasteiger partial charge in [-0.1, -0.05) is 55.8 Å². The van der Waals surface area contributed by atoms with Crippen LogP contribution in [0.4, 0.5) is 0 Å². The van der Waals surface area contributed by atoms with Gasteiger partial charge in [-0.25, -0.2) is 0 Å². The maximum Gasteiger partial charge on any atom is 0.320 e. The number of hydrogen-bond donors (Lipinski definition) is 1. The van der Waals surface area contributed by atoms with Crippen molar-refractivity contribution in [2.24, 2.45) is 0 Å². The molecule has 1 N–H and O–H groups in total. The Morgan fingerprint density at radius 2 is 1.87 bits per heavy atom. The maximum atomic E-state index is 11.2. The largest absolute Gasteiger partial charge is 0.480 e. The molecule has 0 bridgehead atoms. The van der Waals surface area contributed by atoms with Crippen LogP contribution in [0.5, 0.6) is 0 Å². The van der Waals surface area contributed by atoms with Gasteiger partial charge in [0.25, 0.3) is 0 Å². The summed E-state index contributed by atoms with van der Waals surface area (Å²) in [5.74, 6) is -0.788. The van der Waals surface area contributed by atoms with Gasteiger partial charge in [0, 0.05) is 5.02 Å². The van der Waals surface area contributed by atoms with Crippen LogP contribution in [0.3, 0.4) is 0 Å². The lowest BCUT2D eigenvalue weighted by molar-refractivity contribution is -0.142. The molecule has 0 aromatic heterocycles. The van der Waals surface area contributed by atoms with Gasteiger partial charge >= 0.3 is 5.97 Å². The van der Waals surface area contributed by atoms with Crippen molar-refractivity contribution in [1.82, 2.24) is 4.90 Å². The van der Waals surface area contributed by atoms with E-state index < -0.39 is 12.0 Å². The van der Waals surface area contributed by atoms with E-state index in [2.05, 4.69) is 44.2 Å². The van der Waals surface area contributed by atoms with Crippen LogP contribution in [0.2, 0.25) is 5.02 Å². The molecule has 30 heavy (non-hydrogen) atoms. The van der Waals surface area contributed by atoms with E-state index in [0.29, 0.717) is 0 Å². The van der Waals surface area contributed by atoms with E-state index in [9.17, 15) is 9.90 Å². The van der Waals surface area contributed by atoms with Gasteiger partial charge in [-0.05, 0) is 80.6 Å². The fourth-order valence-corrected chi connectivity index (χ4v) is 4.63. The van der Waals surface area contributed by atoms with Crippen LogP contribution in [-0.4, -0.2) is 35.6 Å². The van der Waals surface area contributed by atoms with Crippen molar-refractivity contribution >= 4 is 17.6 Å². The van der Waals surface area contributed by atoms with Crippen molar-refractivity contribution in [2.75, 3.05) is 13.6 Å². The first-order valence-corrected chi connectivity index (χ1v) is 11.2. The van der Waals surface area contributed by atoms with E-state index >= 15 is 0 Å². The molecule has 0 spiro atoms. The first-order chi connectivity index (χ1) is 14.3. The fourth-order valence-electron chi connectivity index (χ4n) is 4.50. The molecule has 0 radical (unpaired) electrons. The van der Waals surface area contributed by atoms with Gasteiger partial charge in [-0.15, -0.1) is 0 Å². The van der Waals surface area contributed by atoms with E-state index in [1.54, 1.807) is 6.92 Å². The molecule has 4 nitrogen and oxygen atoms in total. The highest BCUT2D eigenvalue weighted by Gasteiger charge is 2.43. The number of hydrogen-bond acceptors (Lipinski definition) is 3. The number of fused-ring (bicyclic) bond motifs is 1. The fraction of sp³-hybridized carbons (Fsp3) is 0.480. The standard InChI is InChI=1S/C25H32ClNO3/c1-5-25(6-2)23-20(18-12-14-19(26)15-13-18)9-7-10-21(23)22(30-25)11-8-16-27(4)17(3)24(28)29/h7,9-10,12-15,17,22H,5-6,8,11,16H2,1-4H3,(H,28,29)/t17-,22?/m0/s1. The number of ether oxygens (including phenoxy) is 1. The molecule has 3 rings (SSSR count). The summed E-state index contributed by atoms with van der Waals surface area (Å²) in [6.07, 6.45) is 3.60. The van der Waals surface area contributed by atoms with Crippen molar-refractivity contribution in [3.05, 3.63) is 58.6 Å². The quantitative estimate of drug-likeness (QED) is 0.509. The minimum atomic E-state index is -0.788. The van der Waals surface area contributed by atoms with Crippen LogP contribution in [0.15, 0.2) is 42.5 Å². The van der Waals surface area contributed by atoms with Crippen molar-refractivity contribution in [2.45, 2.75) is 64.2 Å². The van der Waals surface area contributed by atoms with Gasteiger partial charge < -0.3 is 9.84 Å². The third-order valence-electron chi connectivity index (χ3n) is 6.56. The molecular formula is C25H32ClNO3. The number of carbonyl (C=O) groups is 1. The molecule has 0 saturated heterocycles. The highest BCUT2D eigenvalue weighted by atomic mass is 35.5. The highest BCUT2D eigenvalue weighted by Crippen LogP contribution is 2.52. The Balaban J connectivity index is 1.88. The van der Waals surface area contributed by atoms with Crippen LogP contribution >= 0.6 is 11.6 Å². The Morgan fingerprint density at radius 1 is 1.20 bits per heavy atom. The number of carboxylic acid groups (broad SMARTS) is 1. The summed E-state index contributed by atoms with van der Waals surface area (Å²) in [4.78, 5) is 13.1. The third-order valence-corrected chi connectivity index (χ3v) is 6.81. The second-order valence-electron chi connectivity index (χ2n) is 8.22. The predicted octanol–water partition coefficient (Wildman–Crippen LogP) is 6.28. The lowest BCUT2D eigenvalue weighted by Crippen LogP contribution is -2.36. The first kappa shape index (κ1) is 22.8. The number of halogens is 1. The molecule has 5 heteroatoms. The van der Waals surface area contributed by atoms with E-state index in [1.807, 2.05) is 24.1 Å². The number of aliphatic carboxylic acids is 1. The smallest absolute Gasteiger partial charge is 0.320 e. The predicted molar refractivity (Wildman–Crippen MR) is 122 cm³/mol. The van der Waals surface area contributed by atoms with Gasteiger partial charge in [-0.2, -0.15) is 0 Å². The molecule has 0 fully saturated rings. The summed E-state index contributed by atoms with van der Waals surface area (Å²) in [6.45, 7) is 6.83. The van der Waals surface area contributed by atoms with E-state index in [-0.39, 0.29) is 11.7 Å². The Labute approximate surface area is 184 Å². The first-order valence-electron chi connectivity index (χ1n) is 10.8. The van der Waals surface area contributed by atoms with Crippen molar-refractivity contribution in [1.29, 1.82) is 0 Å². The Kier molecular flexibility index (Phi) is 7.22. The maximum absolute atomic E-state index is 11.2. The zero-order chi connectivity index (χ0) is 21.9. The molecule has 0 amide bonds. The van der Waals surface area contributed by atoms with Crippen LogP contribution in [0, 0.1) is 0 Å². The van der Waals surface area contributed by atoms with Crippen molar-refractivity contribution < 1.29 is 14.6 Å². The summed E-state index contributed by atoms with van der Waals surface area (Å²) in [5, 5.41) is 9.94. The molecule has 1 unspecified atom stereocenters. The lowest BCUT2D eigenvalue weighted by atomic mass is 9.81. The van der Waals surface area contributed by atoms with Gasteiger partial charge in [-0.3, -0.25) is 9.69 Å². The number of benzene rings is 2. The highest BCUT2D eigenvalue weighted by molar-refractivity contribution is 6.30. The molecule has 2 atom stereocenters. The van der Waals surface area contributed by atoms with Gasteiger partial charge in [0.2, 0.25) is 0 Å². The molecule has 162 valence electrons. The van der Waals surface area contributed by atoms with E-state index in [1.165, 1.54) is 16.7 Å². The molecule has 1 aliphatic rings. The zero-order valence-electron chi connectivity index (χ0n) is 18.3. The second kappa shape index (κ2) is 9.51. The molecule has 2 aromatic rings. The Morgan fingerprint density at radius 3 is 2.47 bits per heavy atom. The SMILES string of the molecule is CCC1(CC)OC(CCCN(C)[C@@H](C)C(=O)O)c2cccc(-c3ccc(Cl)cc3)c21. The molecule has 2 aromatic carbocycles.